The molecule has 112 valence electrons. The molecule has 1 atom stereocenters. The number of hydrogen-bond acceptors (Lipinski definition) is 2. The van der Waals surface area contributed by atoms with Crippen molar-refractivity contribution in [2.24, 2.45) is 0 Å². The maximum Gasteiger partial charge on any atom is 0.416 e. The molecule has 0 aromatic heterocycles. The Morgan fingerprint density at radius 1 is 1.05 bits per heavy atom. The molecule has 21 heavy (non-hydrogen) atoms. The van der Waals surface area contributed by atoms with Crippen LogP contribution in [0.4, 0.5) is 23.2 Å². The van der Waals surface area contributed by atoms with E-state index in [0.717, 1.165) is 12.1 Å². The van der Waals surface area contributed by atoms with Gasteiger partial charge in [-0.1, -0.05) is 18.2 Å². The number of alkyl halides is 3. The van der Waals surface area contributed by atoms with E-state index in [-0.39, 0.29) is 12.1 Å². The van der Waals surface area contributed by atoms with Crippen molar-refractivity contribution in [3.63, 3.8) is 0 Å². The van der Waals surface area contributed by atoms with E-state index >= 15 is 0 Å². The third-order valence-electron chi connectivity index (χ3n) is 2.92. The van der Waals surface area contributed by atoms with Crippen LogP contribution < -0.4 is 5.32 Å². The molecule has 2 aromatic rings. The fourth-order valence-electron chi connectivity index (χ4n) is 1.85. The van der Waals surface area contributed by atoms with Crippen LogP contribution in [0.15, 0.2) is 48.5 Å². The third kappa shape index (κ3) is 4.19. The molecule has 2 N–H and O–H groups in total. The minimum atomic E-state index is -4.45. The largest absolute Gasteiger partial charge is 0.416 e. The van der Waals surface area contributed by atoms with Crippen LogP contribution in [0.2, 0.25) is 0 Å². The van der Waals surface area contributed by atoms with Crippen LogP contribution in [0.25, 0.3) is 0 Å². The van der Waals surface area contributed by atoms with Gasteiger partial charge in [-0.15, -0.1) is 0 Å². The van der Waals surface area contributed by atoms with Gasteiger partial charge in [-0.2, -0.15) is 13.2 Å². The van der Waals surface area contributed by atoms with Crippen molar-refractivity contribution in [1.29, 1.82) is 0 Å². The lowest BCUT2D eigenvalue weighted by atomic mass is 10.1. The molecule has 0 saturated carbocycles. The Hall–Kier alpha value is -2.08. The molecule has 0 aliphatic rings. The van der Waals surface area contributed by atoms with E-state index in [1.807, 2.05) is 0 Å². The number of aliphatic hydroxyl groups excluding tert-OH is 1. The molecular formula is C15H13F4NO. The van der Waals surface area contributed by atoms with Gasteiger partial charge in [-0.25, -0.2) is 4.39 Å². The van der Waals surface area contributed by atoms with Gasteiger partial charge in [0.2, 0.25) is 0 Å². The third-order valence-corrected chi connectivity index (χ3v) is 2.92. The molecule has 2 nitrogen and oxygen atoms in total. The fourth-order valence-corrected chi connectivity index (χ4v) is 1.85. The van der Waals surface area contributed by atoms with Crippen molar-refractivity contribution in [2.75, 3.05) is 11.9 Å². The van der Waals surface area contributed by atoms with Crippen molar-refractivity contribution in [3.05, 3.63) is 65.5 Å². The molecule has 0 amide bonds. The molecule has 1 unspecified atom stereocenters. The summed E-state index contributed by atoms with van der Waals surface area (Å²) < 4.78 is 50.7. The van der Waals surface area contributed by atoms with Gasteiger partial charge in [-0.05, 0) is 35.9 Å². The molecule has 0 fully saturated rings. The van der Waals surface area contributed by atoms with Crippen molar-refractivity contribution < 1.29 is 22.7 Å². The van der Waals surface area contributed by atoms with Gasteiger partial charge in [0.1, 0.15) is 5.82 Å². The molecule has 0 bridgehead atoms. The zero-order valence-corrected chi connectivity index (χ0v) is 10.9. The number of rotatable bonds is 4. The van der Waals surface area contributed by atoms with E-state index in [2.05, 4.69) is 5.32 Å². The predicted octanol–water partition coefficient (Wildman–Crippen LogP) is 3.99. The monoisotopic (exact) mass is 299 g/mol. The van der Waals surface area contributed by atoms with Gasteiger partial charge in [0.15, 0.2) is 0 Å². The van der Waals surface area contributed by atoms with Crippen molar-refractivity contribution >= 4 is 5.69 Å². The lowest BCUT2D eigenvalue weighted by Gasteiger charge is -2.15. The summed E-state index contributed by atoms with van der Waals surface area (Å²) in [4.78, 5) is 0. The Morgan fingerprint density at radius 2 is 1.76 bits per heavy atom. The molecule has 0 spiro atoms. The van der Waals surface area contributed by atoms with Crippen LogP contribution in [0.5, 0.6) is 0 Å². The van der Waals surface area contributed by atoms with Gasteiger partial charge in [0, 0.05) is 12.2 Å². The molecule has 2 rings (SSSR count). The van der Waals surface area contributed by atoms with E-state index in [1.54, 1.807) is 6.07 Å². The molecule has 0 heterocycles. The first-order chi connectivity index (χ1) is 9.86. The Labute approximate surface area is 119 Å². The van der Waals surface area contributed by atoms with Gasteiger partial charge in [0.05, 0.1) is 11.7 Å². The average molecular weight is 299 g/mol. The zero-order valence-electron chi connectivity index (χ0n) is 10.9. The highest BCUT2D eigenvalue weighted by molar-refractivity contribution is 5.43. The maximum absolute atomic E-state index is 13.0. The van der Waals surface area contributed by atoms with E-state index in [4.69, 9.17) is 0 Å². The first kappa shape index (κ1) is 15.3. The Kier molecular flexibility index (Phi) is 4.47. The van der Waals surface area contributed by atoms with Crippen molar-refractivity contribution in [2.45, 2.75) is 12.3 Å². The van der Waals surface area contributed by atoms with E-state index < -0.39 is 23.7 Å². The Balaban J connectivity index is 2.05. The second-order valence-electron chi connectivity index (χ2n) is 4.53. The van der Waals surface area contributed by atoms with Gasteiger partial charge in [0.25, 0.3) is 0 Å². The topological polar surface area (TPSA) is 32.3 Å². The summed E-state index contributed by atoms with van der Waals surface area (Å²) in [7, 11) is 0. The van der Waals surface area contributed by atoms with Crippen LogP contribution in [0.1, 0.15) is 17.2 Å². The molecule has 0 aliphatic heterocycles. The van der Waals surface area contributed by atoms with Crippen molar-refractivity contribution in [3.8, 4) is 0 Å². The number of hydrogen-bond donors (Lipinski definition) is 2. The second kappa shape index (κ2) is 6.13. The minimum Gasteiger partial charge on any atom is -0.387 e. The van der Waals surface area contributed by atoms with Crippen LogP contribution >= 0.6 is 0 Å². The van der Waals surface area contributed by atoms with Gasteiger partial charge >= 0.3 is 6.18 Å². The fraction of sp³-hybridized carbons (Fsp3) is 0.200. The summed E-state index contributed by atoms with van der Waals surface area (Å²) in [6, 6.07) is 10.1. The highest BCUT2D eigenvalue weighted by atomic mass is 19.4. The summed E-state index contributed by atoms with van der Waals surface area (Å²) in [5.41, 5.74) is -0.223. The quantitative estimate of drug-likeness (QED) is 0.837. The summed E-state index contributed by atoms with van der Waals surface area (Å²) >= 11 is 0. The first-order valence-electron chi connectivity index (χ1n) is 6.21. The standard InChI is InChI=1S/C15H13F4NO/c16-12-5-2-6-13(8-12)20-9-14(21)10-3-1-4-11(7-10)15(17,18)19/h1-8,14,20-21H,9H2. The number of halogens is 4. The van der Waals surface area contributed by atoms with E-state index in [0.29, 0.717) is 5.69 Å². The van der Waals surface area contributed by atoms with Crippen LogP contribution in [-0.4, -0.2) is 11.7 Å². The lowest BCUT2D eigenvalue weighted by molar-refractivity contribution is -0.137. The average Bonchev–Trinajstić information content (AvgIpc) is 2.44. The smallest absolute Gasteiger partial charge is 0.387 e. The molecule has 0 aliphatic carbocycles. The first-order valence-corrected chi connectivity index (χ1v) is 6.21. The van der Waals surface area contributed by atoms with Crippen LogP contribution in [0, 0.1) is 5.82 Å². The highest BCUT2D eigenvalue weighted by Gasteiger charge is 2.30. The lowest BCUT2D eigenvalue weighted by Crippen LogP contribution is -2.13. The van der Waals surface area contributed by atoms with Gasteiger partial charge < -0.3 is 10.4 Å². The number of nitrogens with one attached hydrogen (secondary N) is 1. The number of benzene rings is 2. The van der Waals surface area contributed by atoms with Crippen LogP contribution in [0.3, 0.4) is 0 Å². The minimum absolute atomic E-state index is 0.0231. The predicted molar refractivity (Wildman–Crippen MR) is 71.3 cm³/mol. The van der Waals surface area contributed by atoms with Crippen molar-refractivity contribution in [1.82, 2.24) is 0 Å². The zero-order chi connectivity index (χ0) is 15.5. The Morgan fingerprint density at radius 3 is 2.43 bits per heavy atom. The maximum atomic E-state index is 13.0. The number of anilines is 1. The second-order valence-corrected chi connectivity index (χ2v) is 4.53. The SMILES string of the molecule is OC(CNc1cccc(F)c1)c1cccc(C(F)(F)F)c1. The summed E-state index contributed by atoms with van der Waals surface area (Å²) in [6.45, 7) is -0.0231. The summed E-state index contributed by atoms with van der Waals surface area (Å²) in [6.07, 6.45) is -5.58. The number of aliphatic hydroxyl groups is 1. The molecule has 0 radical (unpaired) electrons. The highest BCUT2D eigenvalue weighted by Crippen LogP contribution is 2.30. The van der Waals surface area contributed by atoms with Crippen LogP contribution in [-0.2, 0) is 6.18 Å². The van der Waals surface area contributed by atoms with Gasteiger partial charge in [-0.3, -0.25) is 0 Å². The van der Waals surface area contributed by atoms with E-state index in [1.165, 1.54) is 30.3 Å². The molecule has 0 saturated heterocycles. The van der Waals surface area contributed by atoms with E-state index in [9.17, 15) is 22.7 Å². The molecule has 2 aromatic carbocycles. The molecular weight excluding hydrogens is 286 g/mol. The normalized spacial score (nSPS) is 13.0. The summed E-state index contributed by atoms with van der Waals surface area (Å²) in [5, 5.41) is 12.7. The summed E-state index contributed by atoms with van der Waals surface area (Å²) in [5.74, 6) is -0.437. The molecule has 6 heteroatoms. The Bertz CT molecular complexity index is 613.